The molecule has 5 nitrogen and oxygen atoms in total. The summed E-state index contributed by atoms with van der Waals surface area (Å²) in [6.07, 6.45) is -0.469. The Kier molecular flexibility index (Phi) is 7.71. The summed E-state index contributed by atoms with van der Waals surface area (Å²) in [6.45, 7) is 12.3. The second-order valence-corrected chi connectivity index (χ2v) is 3.78. The first-order chi connectivity index (χ1) is 8.38. The van der Waals surface area contributed by atoms with Crippen molar-refractivity contribution in [1.82, 2.24) is 0 Å². The van der Waals surface area contributed by atoms with Gasteiger partial charge in [-0.05, 0) is 20.8 Å². The Bertz CT molecular complexity index is 332. The van der Waals surface area contributed by atoms with Crippen molar-refractivity contribution in [2.24, 2.45) is 0 Å². The number of hydrogen-bond donors (Lipinski definition) is 0. The second kappa shape index (κ2) is 8.47. The van der Waals surface area contributed by atoms with E-state index in [2.05, 4.69) is 13.2 Å². The Balaban J connectivity index is 4.12. The summed E-state index contributed by atoms with van der Waals surface area (Å²) in [4.78, 5) is 22.4. The van der Waals surface area contributed by atoms with Gasteiger partial charge in [-0.15, -0.1) is 0 Å². The van der Waals surface area contributed by atoms with E-state index in [4.69, 9.17) is 14.2 Å². The van der Waals surface area contributed by atoms with Crippen LogP contribution in [0.3, 0.4) is 0 Å². The predicted molar refractivity (Wildman–Crippen MR) is 66.7 cm³/mol. The van der Waals surface area contributed by atoms with Crippen molar-refractivity contribution in [1.29, 1.82) is 0 Å². The van der Waals surface area contributed by atoms with Gasteiger partial charge in [0.25, 0.3) is 0 Å². The highest BCUT2D eigenvalue weighted by Gasteiger charge is 2.15. The van der Waals surface area contributed by atoms with Crippen LogP contribution in [0.25, 0.3) is 0 Å². The lowest BCUT2D eigenvalue weighted by atomic mass is 10.3. The maximum absolute atomic E-state index is 11.3. The van der Waals surface area contributed by atoms with Gasteiger partial charge in [0, 0.05) is 24.2 Å². The maximum atomic E-state index is 11.3. The van der Waals surface area contributed by atoms with Crippen LogP contribution < -0.4 is 0 Å². The first-order valence-electron chi connectivity index (χ1n) is 5.69. The molecular formula is C13H20O5. The summed E-state index contributed by atoms with van der Waals surface area (Å²) < 4.78 is 15.1. The number of rotatable bonds is 8. The standard InChI is InChI=1S/C13H20O5/c1-6-16-11(18-13(15)10(4)5)7-8-17-12(14)9(2)3/h11H,2,4,6-8H2,1,3,5H3. The molecule has 0 aromatic heterocycles. The van der Waals surface area contributed by atoms with Gasteiger partial charge in [-0.25, -0.2) is 9.59 Å². The van der Waals surface area contributed by atoms with Crippen molar-refractivity contribution in [2.75, 3.05) is 13.2 Å². The van der Waals surface area contributed by atoms with Crippen LogP contribution in [0, 0.1) is 0 Å². The summed E-state index contributed by atoms with van der Waals surface area (Å²) in [5.74, 6) is -1.00. The normalized spacial score (nSPS) is 11.5. The zero-order chi connectivity index (χ0) is 14.1. The first-order valence-corrected chi connectivity index (χ1v) is 5.69. The molecule has 0 heterocycles. The highest BCUT2D eigenvalue weighted by molar-refractivity contribution is 5.87. The van der Waals surface area contributed by atoms with Crippen LogP contribution >= 0.6 is 0 Å². The zero-order valence-corrected chi connectivity index (χ0v) is 11.2. The molecule has 0 N–H and O–H groups in total. The molecule has 0 saturated heterocycles. The van der Waals surface area contributed by atoms with Gasteiger partial charge in [0.15, 0.2) is 0 Å². The van der Waals surface area contributed by atoms with Crippen molar-refractivity contribution < 1.29 is 23.8 Å². The number of ether oxygens (including phenoxy) is 3. The molecule has 0 bridgehead atoms. The molecule has 0 fully saturated rings. The van der Waals surface area contributed by atoms with Crippen LogP contribution in [0.5, 0.6) is 0 Å². The van der Waals surface area contributed by atoms with Crippen molar-refractivity contribution >= 4 is 11.9 Å². The van der Waals surface area contributed by atoms with E-state index < -0.39 is 18.2 Å². The summed E-state index contributed by atoms with van der Waals surface area (Å²) in [7, 11) is 0. The topological polar surface area (TPSA) is 61.8 Å². The zero-order valence-electron chi connectivity index (χ0n) is 11.2. The lowest BCUT2D eigenvalue weighted by Crippen LogP contribution is -2.24. The molecule has 0 rings (SSSR count). The summed E-state index contributed by atoms with van der Waals surface area (Å²) in [5, 5.41) is 0. The average molecular weight is 256 g/mol. The van der Waals surface area contributed by atoms with Gasteiger partial charge in [-0.1, -0.05) is 13.2 Å². The van der Waals surface area contributed by atoms with E-state index in [1.807, 2.05) is 0 Å². The summed E-state index contributed by atoms with van der Waals surface area (Å²) in [6, 6.07) is 0. The van der Waals surface area contributed by atoms with E-state index in [1.165, 1.54) is 0 Å². The third-order valence-corrected chi connectivity index (χ3v) is 1.87. The number of carbonyl (C=O) groups excluding carboxylic acids is 2. The molecular weight excluding hydrogens is 236 g/mol. The van der Waals surface area contributed by atoms with Gasteiger partial charge in [0.2, 0.25) is 6.29 Å². The Labute approximate surface area is 107 Å². The second-order valence-electron chi connectivity index (χ2n) is 3.78. The van der Waals surface area contributed by atoms with Crippen molar-refractivity contribution in [3.63, 3.8) is 0 Å². The highest BCUT2D eigenvalue weighted by Crippen LogP contribution is 2.06. The number of esters is 2. The van der Waals surface area contributed by atoms with E-state index >= 15 is 0 Å². The molecule has 1 atom stereocenters. The largest absolute Gasteiger partial charge is 0.462 e. The molecule has 18 heavy (non-hydrogen) atoms. The fourth-order valence-corrected chi connectivity index (χ4v) is 0.953. The molecule has 0 amide bonds. The molecule has 0 aromatic rings. The number of hydrogen-bond acceptors (Lipinski definition) is 5. The van der Waals surface area contributed by atoms with Gasteiger partial charge < -0.3 is 14.2 Å². The van der Waals surface area contributed by atoms with E-state index in [0.29, 0.717) is 17.8 Å². The maximum Gasteiger partial charge on any atom is 0.335 e. The summed E-state index contributed by atoms with van der Waals surface area (Å²) in [5.41, 5.74) is 0.612. The Hall–Kier alpha value is -1.62. The predicted octanol–water partition coefficient (Wildman–Crippen LogP) is 1.98. The van der Waals surface area contributed by atoms with Gasteiger partial charge in [-0.3, -0.25) is 0 Å². The lowest BCUT2D eigenvalue weighted by Gasteiger charge is -2.17. The molecule has 0 radical (unpaired) electrons. The molecule has 1 unspecified atom stereocenters. The summed E-state index contributed by atoms with van der Waals surface area (Å²) >= 11 is 0. The highest BCUT2D eigenvalue weighted by atomic mass is 16.7. The molecule has 0 aromatic carbocycles. The van der Waals surface area contributed by atoms with E-state index in [-0.39, 0.29) is 13.0 Å². The molecule has 0 aliphatic rings. The van der Waals surface area contributed by atoms with Crippen molar-refractivity contribution in [2.45, 2.75) is 33.5 Å². The van der Waals surface area contributed by atoms with Crippen LogP contribution in [0.1, 0.15) is 27.2 Å². The van der Waals surface area contributed by atoms with Crippen LogP contribution in [0.4, 0.5) is 0 Å². The average Bonchev–Trinajstić information content (AvgIpc) is 2.28. The van der Waals surface area contributed by atoms with Crippen LogP contribution in [0.2, 0.25) is 0 Å². The molecule has 0 spiro atoms. The molecule has 5 heteroatoms. The van der Waals surface area contributed by atoms with Gasteiger partial charge >= 0.3 is 11.9 Å². The lowest BCUT2D eigenvalue weighted by molar-refractivity contribution is -0.177. The SMILES string of the molecule is C=C(C)C(=O)OCCC(OCC)OC(=O)C(=C)C. The quantitative estimate of drug-likeness (QED) is 0.377. The van der Waals surface area contributed by atoms with Gasteiger partial charge in [-0.2, -0.15) is 0 Å². The first kappa shape index (κ1) is 16.4. The van der Waals surface area contributed by atoms with Crippen molar-refractivity contribution in [3.05, 3.63) is 24.3 Å². The van der Waals surface area contributed by atoms with Crippen LogP contribution in [0.15, 0.2) is 24.3 Å². The van der Waals surface area contributed by atoms with Crippen LogP contribution in [-0.4, -0.2) is 31.4 Å². The molecule has 0 aliphatic heterocycles. The number of carbonyl (C=O) groups is 2. The third kappa shape index (κ3) is 6.85. The minimum atomic E-state index is -0.739. The van der Waals surface area contributed by atoms with Crippen LogP contribution in [-0.2, 0) is 23.8 Å². The van der Waals surface area contributed by atoms with E-state index in [9.17, 15) is 9.59 Å². The third-order valence-electron chi connectivity index (χ3n) is 1.87. The minimum Gasteiger partial charge on any atom is -0.462 e. The van der Waals surface area contributed by atoms with E-state index in [0.717, 1.165) is 0 Å². The monoisotopic (exact) mass is 256 g/mol. The molecule has 0 aliphatic carbocycles. The van der Waals surface area contributed by atoms with Gasteiger partial charge in [0.1, 0.15) is 0 Å². The van der Waals surface area contributed by atoms with E-state index in [1.54, 1.807) is 20.8 Å². The molecule has 102 valence electrons. The Morgan fingerprint density at radius 1 is 1.11 bits per heavy atom. The fourth-order valence-electron chi connectivity index (χ4n) is 0.953. The minimum absolute atomic E-state index is 0.0971. The Morgan fingerprint density at radius 3 is 2.11 bits per heavy atom. The van der Waals surface area contributed by atoms with Gasteiger partial charge in [0.05, 0.1) is 6.61 Å². The van der Waals surface area contributed by atoms with Crippen molar-refractivity contribution in [3.8, 4) is 0 Å². The smallest absolute Gasteiger partial charge is 0.335 e. The Morgan fingerprint density at radius 2 is 1.67 bits per heavy atom. The molecule has 0 saturated carbocycles. The fraction of sp³-hybridized carbons (Fsp3) is 0.538.